The third-order valence-electron chi connectivity index (χ3n) is 3.40. The first-order valence-electron chi connectivity index (χ1n) is 5.75. The van der Waals surface area contributed by atoms with Crippen LogP contribution in [-0.2, 0) is 16.8 Å². The van der Waals surface area contributed by atoms with E-state index in [-0.39, 0.29) is 5.60 Å². The Labute approximate surface area is 95.6 Å². The highest BCUT2D eigenvalue weighted by Gasteiger charge is 2.43. The first-order valence-corrected chi connectivity index (χ1v) is 5.75. The second-order valence-electron chi connectivity index (χ2n) is 4.46. The monoisotopic (exact) mass is 225 g/mol. The minimum atomic E-state index is -0.273. The lowest BCUT2D eigenvalue weighted by atomic mass is 9.79. The molecule has 0 bridgehead atoms. The molecule has 1 heterocycles. The average Bonchev–Trinajstić information content (AvgIpc) is 2.66. The Hall–Kier alpha value is -0.940. The van der Waals surface area contributed by atoms with E-state index in [0.717, 1.165) is 19.3 Å². The molecule has 0 radical (unpaired) electrons. The Bertz CT molecular complexity index is 341. The predicted octanol–water partition coefficient (Wildman–Crippen LogP) is 1.25. The lowest BCUT2D eigenvalue weighted by molar-refractivity contribution is -0.0858. The normalized spacial score (nSPS) is 20.4. The summed E-state index contributed by atoms with van der Waals surface area (Å²) in [6, 6.07) is 0.341. The second kappa shape index (κ2) is 4.51. The highest BCUT2D eigenvalue weighted by Crippen LogP contribution is 2.42. The number of hydrogen-bond donors (Lipinski definition) is 1. The van der Waals surface area contributed by atoms with E-state index in [9.17, 15) is 0 Å². The highest BCUT2D eigenvalue weighted by atomic mass is 16.5. The molecule has 0 spiro atoms. The first-order chi connectivity index (χ1) is 7.70. The van der Waals surface area contributed by atoms with E-state index in [1.54, 1.807) is 7.11 Å². The molecule has 0 aliphatic heterocycles. The number of hydrogen-bond acceptors (Lipinski definition) is 5. The van der Waals surface area contributed by atoms with E-state index in [2.05, 4.69) is 22.4 Å². The molecular formula is C11H19N3O2. The lowest BCUT2D eigenvalue weighted by Crippen LogP contribution is -2.37. The standard InChI is InChI=1S/C11H19N3O2/c1-8(12-2)7-9-13-10(14-16-9)11(15-3)5-4-6-11/h8,12H,4-7H2,1-3H3. The third-order valence-corrected chi connectivity index (χ3v) is 3.40. The molecule has 1 saturated carbocycles. The molecular weight excluding hydrogens is 206 g/mol. The zero-order valence-electron chi connectivity index (χ0n) is 10.1. The van der Waals surface area contributed by atoms with Crippen LogP contribution in [0.25, 0.3) is 0 Å². The lowest BCUT2D eigenvalue weighted by Gasteiger charge is -2.37. The SMILES string of the molecule is CNC(C)Cc1nc(C2(OC)CCC2)no1. The molecule has 16 heavy (non-hydrogen) atoms. The van der Waals surface area contributed by atoms with E-state index in [1.807, 2.05) is 7.05 Å². The van der Waals surface area contributed by atoms with Crippen LogP contribution in [0.3, 0.4) is 0 Å². The number of nitrogens with one attached hydrogen (secondary N) is 1. The van der Waals surface area contributed by atoms with Crippen molar-refractivity contribution in [1.29, 1.82) is 0 Å². The smallest absolute Gasteiger partial charge is 0.228 e. The van der Waals surface area contributed by atoms with Crippen molar-refractivity contribution in [1.82, 2.24) is 15.5 Å². The molecule has 1 N–H and O–H groups in total. The van der Waals surface area contributed by atoms with Gasteiger partial charge in [-0.3, -0.25) is 0 Å². The molecule has 1 fully saturated rings. The summed E-state index contributed by atoms with van der Waals surface area (Å²) in [5.41, 5.74) is -0.273. The summed E-state index contributed by atoms with van der Waals surface area (Å²) in [7, 11) is 3.63. The maximum atomic E-state index is 5.50. The molecule has 0 aromatic carbocycles. The Morgan fingerprint density at radius 1 is 1.56 bits per heavy atom. The van der Waals surface area contributed by atoms with Gasteiger partial charge < -0.3 is 14.6 Å². The van der Waals surface area contributed by atoms with E-state index in [4.69, 9.17) is 9.26 Å². The van der Waals surface area contributed by atoms with Crippen LogP contribution >= 0.6 is 0 Å². The maximum absolute atomic E-state index is 5.50. The van der Waals surface area contributed by atoms with Crippen LogP contribution in [0, 0.1) is 0 Å². The van der Waals surface area contributed by atoms with Gasteiger partial charge in [-0.05, 0) is 33.2 Å². The van der Waals surface area contributed by atoms with Crippen molar-refractivity contribution in [3.05, 3.63) is 11.7 Å². The topological polar surface area (TPSA) is 60.2 Å². The Kier molecular flexibility index (Phi) is 3.25. The van der Waals surface area contributed by atoms with Crippen molar-refractivity contribution >= 4 is 0 Å². The van der Waals surface area contributed by atoms with E-state index >= 15 is 0 Å². The van der Waals surface area contributed by atoms with Gasteiger partial charge in [-0.15, -0.1) is 0 Å². The van der Waals surface area contributed by atoms with Gasteiger partial charge in [0.15, 0.2) is 0 Å². The van der Waals surface area contributed by atoms with Gasteiger partial charge in [0.1, 0.15) is 5.60 Å². The minimum absolute atomic E-state index is 0.273. The van der Waals surface area contributed by atoms with E-state index in [1.165, 1.54) is 6.42 Å². The number of rotatable bonds is 5. The Balaban J connectivity index is 2.07. The zero-order chi connectivity index (χ0) is 11.6. The molecule has 90 valence electrons. The maximum Gasteiger partial charge on any atom is 0.228 e. The van der Waals surface area contributed by atoms with Gasteiger partial charge >= 0.3 is 0 Å². The van der Waals surface area contributed by atoms with Crippen LogP contribution in [0.1, 0.15) is 37.9 Å². The van der Waals surface area contributed by atoms with Gasteiger partial charge in [0.05, 0.1) is 0 Å². The van der Waals surface area contributed by atoms with Crippen molar-refractivity contribution in [2.45, 2.75) is 44.2 Å². The van der Waals surface area contributed by atoms with Gasteiger partial charge in [-0.25, -0.2) is 0 Å². The number of ether oxygens (including phenoxy) is 1. The highest BCUT2D eigenvalue weighted by molar-refractivity contribution is 5.06. The number of methoxy groups -OCH3 is 1. The van der Waals surface area contributed by atoms with Crippen LogP contribution in [0.15, 0.2) is 4.52 Å². The zero-order valence-corrected chi connectivity index (χ0v) is 10.1. The summed E-state index contributed by atoms with van der Waals surface area (Å²) in [5.74, 6) is 1.39. The van der Waals surface area contributed by atoms with Crippen molar-refractivity contribution in [2.75, 3.05) is 14.2 Å². The summed E-state index contributed by atoms with van der Waals surface area (Å²) in [5, 5.41) is 7.17. The fraction of sp³-hybridized carbons (Fsp3) is 0.818. The van der Waals surface area contributed by atoms with E-state index in [0.29, 0.717) is 17.8 Å². The molecule has 1 aromatic heterocycles. The van der Waals surface area contributed by atoms with Gasteiger partial charge in [0, 0.05) is 19.6 Å². The fourth-order valence-corrected chi connectivity index (χ4v) is 1.90. The molecule has 0 saturated heterocycles. The van der Waals surface area contributed by atoms with Crippen molar-refractivity contribution < 1.29 is 9.26 Å². The largest absolute Gasteiger partial charge is 0.370 e. The molecule has 5 heteroatoms. The van der Waals surface area contributed by atoms with Crippen LogP contribution in [0.5, 0.6) is 0 Å². The molecule has 0 amide bonds. The van der Waals surface area contributed by atoms with Crippen LogP contribution in [-0.4, -0.2) is 30.3 Å². The molecule has 5 nitrogen and oxygen atoms in total. The third kappa shape index (κ3) is 1.97. The Morgan fingerprint density at radius 2 is 2.31 bits per heavy atom. The summed E-state index contributed by atoms with van der Waals surface area (Å²) in [4.78, 5) is 4.42. The van der Waals surface area contributed by atoms with Gasteiger partial charge in [0.2, 0.25) is 11.7 Å². The summed E-state index contributed by atoms with van der Waals surface area (Å²) in [6.07, 6.45) is 3.90. The second-order valence-corrected chi connectivity index (χ2v) is 4.46. The quantitative estimate of drug-likeness (QED) is 0.817. The van der Waals surface area contributed by atoms with Crippen molar-refractivity contribution in [3.8, 4) is 0 Å². The first kappa shape index (κ1) is 11.5. The van der Waals surface area contributed by atoms with Crippen LogP contribution in [0.4, 0.5) is 0 Å². The van der Waals surface area contributed by atoms with Gasteiger partial charge in [-0.2, -0.15) is 4.98 Å². The minimum Gasteiger partial charge on any atom is -0.370 e. The summed E-state index contributed by atoms with van der Waals surface area (Å²) in [6.45, 7) is 2.08. The van der Waals surface area contributed by atoms with Crippen molar-refractivity contribution in [3.63, 3.8) is 0 Å². The van der Waals surface area contributed by atoms with Crippen LogP contribution < -0.4 is 5.32 Å². The molecule has 1 aliphatic carbocycles. The predicted molar refractivity (Wildman–Crippen MR) is 59.1 cm³/mol. The number of likely N-dealkylation sites (N-methyl/N-ethyl adjacent to an activating group) is 1. The number of aromatic nitrogens is 2. The van der Waals surface area contributed by atoms with Gasteiger partial charge in [0.25, 0.3) is 0 Å². The van der Waals surface area contributed by atoms with E-state index < -0.39 is 0 Å². The van der Waals surface area contributed by atoms with Gasteiger partial charge in [-0.1, -0.05) is 5.16 Å². The average molecular weight is 225 g/mol. The van der Waals surface area contributed by atoms with Crippen molar-refractivity contribution in [2.24, 2.45) is 0 Å². The fourth-order valence-electron chi connectivity index (χ4n) is 1.90. The summed E-state index contributed by atoms with van der Waals surface area (Å²) < 4.78 is 10.7. The molecule has 1 unspecified atom stereocenters. The molecule has 2 rings (SSSR count). The molecule has 1 aromatic rings. The summed E-state index contributed by atoms with van der Waals surface area (Å²) >= 11 is 0. The van der Waals surface area contributed by atoms with Crippen LogP contribution in [0.2, 0.25) is 0 Å². The molecule has 1 atom stereocenters. The Morgan fingerprint density at radius 3 is 2.81 bits per heavy atom. The number of nitrogens with zero attached hydrogens (tertiary/aromatic N) is 2. The molecule has 1 aliphatic rings.